The smallest absolute Gasteiger partial charge is 0.376 e. The summed E-state index contributed by atoms with van der Waals surface area (Å²) in [7, 11) is -3.23. The Morgan fingerprint density at radius 2 is 2.00 bits per heavy atom. The summed E-state index contributed by atoms with van der Waals surface area (Å²) in [4.78, 5) is 11.6. The maximum atomic E-state index is 12.2. The van der Waals surface area contributed by atoms with Crippen molar-refractivity contribution in [1.82, 2.24) is 0 Å². The molecule has 0 unspecified atom stereocenters. The lowest BCUT2D eigenvalue weighted by molar-refractivity contribution is 0.213. The summed E-state index contributed by atoms with van der Waals surface area (Å²) < 4.78 is 27.9. The number of benzene rings is 1. The predicted octanol–water partition coefficient (Wildman–Crippen LogP) is 4.38. The molecule has 114 valence electrons. The van der Waals surface area contributed by atoms with E-state index < -0.39 is 13.2 Å². The van der Waals surface area contributed by atoms with Crippen LogP contribution in [0.1, 0.15) is 19.4 Å². The van der Waals surface area contributed by atoms with Crippen molar-refractivity contribution in [3.8, 4) is 5.75 Å². The summed E-state index contributed by atoms with van der Waals surface area (Å²) in [6, 6.07) is 4.83. The largest absolute Gasteiger partial charge is 0.424 e. The Labute approximate surface area is 127 Å². The molecule has 7 heteroatoms. The van der Waals surface area contributed by atoms with Crippen LogP contribution in [0.2, 0.25) is 5.02 Å². The number of fused-ring (bicyclic) bond motifs is 1. The normalized spacial score (nSPS) is 14.4. The van der Waals surface area contributed by atoms with Crippen LogP contribution in [0.25, 0.3) is 11.0 Å². The van der Waals surface area contributed by atoms with Crippen molar-refractivity contribution in [1.29, 1.82) is 0 Å². The van der Waals surface area contributed by atoms with Crippen LogP contribution in [0, 0.1) is 6.92 Å². The standard InChI is InChI=1S/C14H16ClO5P/c1-8(2)19-21(4,17)20-10-5-6-11-9(3)13(15)14(16)18-12(11)7-10/h5-8H,1-4H3/t21-/m1/s1. The molecule has 5 nitrogen and oxygen atoms in total. The van der Waals surface area contributed by atoms with Gasteiger partial charge in [0.1, 0.15) is 16.4 Å². The second-order valence-corrected chi connectivity index (χ2v) is 7.32. The Balaban J connectivity index is 2.42. The van der Waals surface area contributed by atoms with E-state index in [4.69, 9.17) is 25.1 Å². The summed E-state index contributed by atoms with van der Waals surface area (Å²) in [5.41, 5.74) is 0.341. The first-order valence-corrected chi connectivity index (χ1v) is 8.75. The van der Waals surface area contributed by atoms with Crippen molar-refractivity contribution in [3.63, 3.8) is 0 Å². The summed E-state index contributed by atoms with van der Waals surface area (Å²) in [6.07, 6.45) is -0.222. The molecule has 0 aliphatic heterocycles. The number of hydrogen-bond acceptors (Lipinski definition) is 5. The molecular formula is C14H16ClO5P. The molecule has 1 aromatic carbocycles. The van der Waals surface area contributed by atoms with E-state index in [1.54, 1.807) is 32.9 Å². The van der Waals surface area contributed by atoms with E-state index in [0.717, 1.165) is 0 Å². The average molecular weight is 331 g/mol. The molecule has 1 aromatic heterocycles. The Kier molecular flexibility index (Phi) is 4.47. The van der Waals surface area contributed by atoms with E-state index >= 15 is 0 Å². The molecule has 0 N–H and O–H groups in total. The highest BCUT2D eigenvalue weighted by Crippen LogP contribution is 2.46. The van der Waals surface area contributed by atoms with Crippen LogP contribution in [0.3, 0.4) is 0 Å². The summed E-state index contributed by atoms with van der Waals surface area (Å²) in [5.74, 6) is 0.304. The quantitative estimate of drug-likeness (QED) is 0.614. The van der Waals surface area contributed by atoms with Crippen molar-refractivity contribution < 1.29 is 18.0 Å². The molecule has 0 saturated carbocycles. The van der Waals surface area contributed by atoms with Gasteiger partial charge in [0.15, 0.2) is 0 Å². The van der Waals surface area contributed by atoms with Gasteiger partial charge >= 0.3 is 13.2 Å². The molecule has 2 aromatic rings. The Morgan fingerprint density at radius 3 is 2.62 bits per heavy atom. The molecular weight excluding hydrogens is 315 g/mol. The third kappa shape index (κ3) is 3.67. The molecule has 0 spiro atoms. The minimum Gasteiger partial charge on any atom is -0.424 e. The molecule has 0 saturated heterocycles. The number of aryl methyl sites for hydroxylation is 1. The van der Waals surface area contributed by atoms with Gasteiger partial charge in [0, 0.05) is 18.1 Å². The average Bonchev–Trinajstić information content (AvgIpc) is 2.33. The van der Waals surface area contributed by atoms with Crippen LogP contribution in [-0.4, -0.2) is 12.8 Å². The van der Waals surface area contributed by atoms with Crippen LogP contribution < -0.4 is 10.1 Å². The highest BCUT2D eigenvalue weighted by molar-refractivity contribution is 7.53. The van der Waals surface area contributed by atoms with E-state index in [1.807, 2.05) is 0 Å². The maximum absolute atomic E-state index is 12.2. The van der Waals surface area contributed by atoms with Crippen molar-refractivity contribution in [2.75, 3.05) is 6.66 Å². The van der Waals surface area contributed by atoms with Gasteiger partial charge < -0.3 is 8.94 Å². The maximum Gasteiger partial charge on any atom is 0.376 e. The molecule has 0 aliphatic rings. The van der Waals surface area contributed by atoms with Gasteiger partial charge in [-0.3, -0.25) is 4.52 Å². The fourth-order valence-electron chi connectivity index (χ4n) is 1.97. The van der Waals surface area contributed by atoms with Gasteiger partial charge in [-0.1, -0.05) is 11.6 Å². The zero-order valence-corrected chi connectivity index (χ0v) is 13.8. The van der Waals surface area contributed by atoms with Crippen molar-refractivity contribution in [2.45, 2.75) is 26.9 Å². The molecule has 2 rings (SSSR count). The lowest BCUT2D eigenvalue weighted by Gasteiger charge is -2.17. The molecule has 0 amide bonds. The number of rotatable bonds is 4. The minimum absolute atomic E-state index is 0.0560. The topological polar surface area (TPSA) is 65.7 Å². The van der Waals surface area contributed by atoms with Crippen LogP contribution in [0.15, 0.2) is 27.4 Å². The Bertz CT molecular complexity index is 781. The lowest BCUT2D eigenvalue weighted by Crippen LogP contribution is -2.04. The monoisotopic (exact) mass is 330 g/mol. The third-order valence-corrected chi connectivity index (χ3v) is 4.53. The zero-order chi connectivity index (χ0) is 15.8. The second kappa shape index (κ2) is 5.84. The van der Waals surface area contributed by atoms with Gasteiger partial charge in [-0.05, 0) is 38.5 Å². The second-order valence-electron chi connectivity index (χ2n) is 5.00. The van der Waals surface area contributed by atoms with Crippen molar-refractivity contribution in [3.05, 3.63) is 39.2 Å². The summed E-state index contributed by atoms with van der Waals surface area (Å²) in [5, 5.41) is 0.753. The first-order chi connectivity index (χ1) is 9.69. The fourth-order valence-corrected chi connectivity index (χ4v) is 3.41. The SMILES string of the molecule is Cc1c(Cl)c(=O)oc2cc(O[P@](C)(=O)OC(C)C)ccc12. The van der Waals surface area contributed by atoms with Crippen molar-refractivity contribution in [2.24, 2.45) is 0 Å². The number of hydrogen-bond donors (Lipinski definition) is 0. The third-order valence-electron chi connectivity index (χ3n) is 2.74. The van der Waals surface area contributed by atoms with Gasteiger partial charge in [0.2, 0.25) is 0 Å². The molecule has 0 radical (unpaired) electrons. The Morgan fingerprint density at radius 1 is 1.33 bits per heavy atom. The minimum atomic E-state index is -3.23. The lowest BCUT2D eigenvalue weighted by atomic mass is 10.1. The van der Waals surface area contributed by atoms with Crippen LogP contribution >= 0.6 is 19.2 Å². The van der Waals surface area contributed by atoms with Crippen LogP contribution in [-0.2, 0) is 9.09 Å². The molecule has 21 heavy (non-hydrogen) atoms. The van der Waals surface area contributed by atoms with E-state index in [0.29, 0.717) is 22.3 Å². The zero-order valence-electron chi connectivity index (χ0n) is 12.2. The predicted molar refractivity (Wildman–Crippen MR) is 82.6 cm³/mol. The highest BCUT2D eigenvalue weighted by atomic mass is 35.5. The first-order valence-electron chi connectivity index (χ1n) is 6.38. The van der Waals surface area contributed by atoms with E-state index in [-0.39, 0.29) is 11.1 Å². The van der Waals surface area contributed by atoms with E-state index in [1.165, 1.54) is 12.7 Å². The molecule has 1 atom stereocenters. The van der Waals surface area contributed by atoms with Gasteiger partial charge in [-0.2, -0.15) is 0 Å². The van der Waals surface area contributed by atoms with Gasteiger partial charge in [-0.15, -0.1) is 0 Å². The van der Waals surface area contributed by atoms with Crippen LogP contribution in [0.5, 0.6) is 5.75 Å². The van der Waals surface area contributed by atoms with Crippen molar-refractivity contribution >= 4 is 30.2 Å². The highest BCUT2D eigenvalue weighted by Gasteiger charge is 2.21. The summed E-state index contributed by atoms with van der Waals surface area (Å²) >= 11 is 5.86. The van der Waals surface area contributed by atoms with Gasteiger partial charge in [0.05, 0.1) is 6.10 Å². The van der Waals surface area contributed by atoms with Gasteiger partial charge in [-0.25, -0.2) is 9.36 Å². The van der Waals surface area contributed by atoms with Gasteiger partial charge in [0.25, 0.3) is 0 Å². The molecule has 0 fully saturated rings. The Hall–Kier alpha value is -1.29. The molecule has 0 aliphatic carbocycles. The van der Waals surface area contributed by atoms with E-state index in [9.17, 15) is 9.36 Å². The first kappa shape index (κ1) is 16.1. The molecule has 1 heterocycles. The molecule has 0 bridgehead atoms. The summed E-state index contributed by atoms with van der Waals surface area (Å²) in [6.45, 7) is 6.66. The number of halogens is 1. The van der Waals surface area contributed by atoms with E-state index in [2.05, 4.69) is 0 Å². The fraction of sp³-hybridized carbons (Fsp3) is 0.357. The van der Waals surface area contributed by atoms with Crippen LogP contribution in [0.4, 0.5) is 0 Å².